The van der Waals surface area contributed by atoms with Gasteiger partial charge in [-0.3, -0.25) is 4.57 Å². The van der Waals surface area contributed by atoms with Crippen LogP contribution >= 0.6 is 20.2 Å². The molecule has 1 atom stereocenters. The second-order valence-electron chi connectivity index (χ2n) is 2.62. The highest BCUT2D eigenvalue weighted by Gasteiger charge is 2.33. The minimum atomic E-state index is -3.06. The van der Waals surface area contributed by atoms with Crippen molar-refractivity contribution in [1.82, 2.24) is 0 Å². The predicted octanol–water partition coefficient (Wildman–Crippen LogP) is 2.57. The number of hydrogen-bond donors (Lipinski definition) is 1. The van der Waals surface area contributed by atoms with Gasteiger partial charge in [0, 0.05) is 12.2 Å². The molecule has 0 saturated heterocycles. The van der Waals surface area contributed by atoms with E-state index >= 15 is 0 Å². The van der Waals surface area contributed by atoms with E-state index in [1.165, 1.54) is 0 Å². The summed E-state index contributed by atoms with van der Waals surface area (Å²) < 4.78 is 22.5. The van der Waals surface area contributed by atoms with Gasteiger partial charge in [-0.2, -0.15) is 12.6 Å². The zero-order chi connectivity index (χ0) is 11.0. The van der Waals surface area contributed by atoms with Crippen molar-refractivity contribution in [1.29, 1.82) is 0 Å². The molecule has 1 unspecified atom stereocenters. The van der Waals surface area contributed by atoms with Crippen LogP contribution in [0.4, 0.5) is 0 Å². The summed E-state index contributed by atoms with van der Waals surface area (Å²) in [5.41, 5.74) is -0.310. The second kappa shape index (κ2) is 7.36. The molecule has 14 heavy (non-hydrogen) atoms. The molecule has 0 aliphatic heterocycles. The Bertz CT molecular complexity index is 227. The van der Waals surface area contributed by atoms with Crippen molar-refractivity contribution in [2.45, 2.75) is 25.9 Å². The minimum Gasteiger partial charge on any atom is -0.309 e. The largest absolute Gasteiger partial charge is 0.335 e. The number of rotatable bonds is 7. The van der Waals surface area contributed by atoms with E-state index in [-0.39, 0.29) is 5.66 Å². The van der Waals surface area contributed by atoms with Gasteiger partial charge in [0.25, 0.3) is 0 Å². The Morgan fingerprint density at radius 3 is 2.21 bits per heavy atom. The molecule has 0 bridgehead atoms. The highest BCUT2D eigenvalue weighted by molar-refractivity contribution is 7.80. The van der Waals surface area contributed by atoms with E-state index in [9.17, 15) is 4.57 Å². The molecule has 0 aromatic heterocycles. The standard InChI is InChI=1S/C9H17O3PS/c1-4-7-9(8-14)13(10,11-5-2)12-6-3/h1,9,14H,5-8H2,2-3H3. The van der Waals surface area contributed by atoms with Crippen LogP contribution < -0.4 is 0 Å². The Morgan fingerprint density at radius 2 is 1.93 bits per heavy atom. The van der Waals surface area contributed by atoms with Crippen LogP contribution in [0.2, 0.25) is 0 Å². The summed E-state index contributed by atoms with van der Waals surface area (Å²) in [6, 6.07) is 0. The van der Waals surface area contributed by atoms with Crippen LogP contribution in [0.3, 0.4) is 0 Å². The Balaban J connectivity index is 4.59. The third-order valence-electron chi connectivity index (χ3n) is 1.63. The van der Waals surface area contributed by atoms with Crippen molar-refractivity contribution in [3.63, 3.8) is 0 Å². The molecule has 0 aromatic rings. The Morgan fingerprint density at radius 1 is 1.43 bits per heavy atom. The average molecular weight is 236 g/mol. The lowest BCUT2D eigenvalue weighted by Gasteiger charge is -2.23. The molecule has 0 heterocycles. The van der Waals surface area contributed by atoms with Gasteiger partial charge >= 0.3 is 7.60 Å². The summed E-state index contributed by atoms with van der Waals surface area (Å²) in [6.45, 7) is 4.26. The molecule has 0 aliphatic carbocycles. The fraction of sp³-hybridized carbons (Fsp3) is 0.778. The van der Waals surface area contributed by atoms with Gasteiger partial charge in [0.15, 0.2) is 0 Å². The van der Waals surface area contributed by atoms with Crippen LogP contribution in [-0.2, 0) is 13.6 Å². The maximum absolute atomic E-state index is 12.1. The Kier molecular flexibility index (Phi) is 7.40. The fourth-order valence-electron chi connectivity index (χ4n) is 1.02. The highest BCUT2D eigenvalue weighted by Crippen LogP contribution is 2.54. The zero-order valence-electron chi connectivity index (χ0n) is 8.60. The van der Waals surface area contributed by atoms with Gasteiger partial charge in [-0.15, -0.1) is 12.3 Å². The van der Waals surface area contributed by atoms with Crippen molar-refractivity contribution in [2.24, 2.45) is 0 Å². The van der Waals surface area contributed by atoms with Gasteiger partial charge < -0.3 is 9.05 Å². The topological polar surface area (TPSA) is 35.5 Å². The zero-order valence-corrected chi connectivity index (χ0v) is 10.4. The van der Waals surface area contributed by atoms with Crippen molar-refractivity contribution in [2.75, 3.05) is 19.0 Å². The van der Waals surface area contributed by atoms with Gasteiger partial charge in [-0.25, -0.2) is 0 Å². The second-order valence-corrected chi connectivity index (χ2v) is 5.31. The summed E-state index contributed by atoms with van der Waals surface area (Å²) in [7, 11) is -3.06. The molecule has 3 nitrogen and oxygen atoms in total. The lowest BCUT2D eigenvalue weighted by atomic mass is 10.3. The van der Waals surface area contributed by atoms with E-state index in [4.69, 9.17) is 15.5 Å². The SMILES string of the molecule is C#CCC(CS)P(=O)(OCC)OCC. The van der Waals surface area contributed by atoms with Crippen molar-refractivity contribution < 1.29 is 13.6 Å². The first-order chi connectivity index (χ1) is 6.64. The molecule has 0 saturated carbocycles. The van der Waals surface area contributed by atoms with Crippen molar-refractivity contribution >= 4 is 20.2 Å². The Hall–Kier alpha value is 0.0600. The highest BCUT2D eigenvalue weighted by atomic mass is 32.1. The number of thiol groups is 1. The van der Waals surface area contributed by atoms with Gasteiger partial charge in [0.2, 0.25) is 0 Å². The van der Waals surface area contributed by atoms with Crippen LogP contribution in [0.25, 0.3) is 0 Å². The van der Waals surface area contributed by atoms with E-state index in [1.807, 2.05) is 0 Å². The summed E-state index contributed by atoms with van der Waals surface area (Å²) >= 11 is 4.10. The van der Waals surface area contributed by atoms with Crippen LogP contribution in [0.15, 0.2) is 0 Å². The Labute approximate surface area is 91.5 Å². The first-order valence-corrected chi connectivity index (χ1v) is 6.82. The lowest BCUT2D eigenvalue weighted by Crippen LogP contribution is -2.14. The van der Waals surface area contributed by atoms with Gasteiger partial charge in [-0.05, 0) is 13.8 Å². The molecule has 0 spiro atoms. The summed E-state index contributed by atoms with van der Waals surface area (Å²) in [5.74, 6) is 2.86. The quantitative estimate of drug-likeness (QED) is 0.419. The van der Waals surface area contributed by atoms with E-state index in [0.717, 1.165) is 0 Å². The van der Waals surface area contributed by atoms with Crippen LogP contribution in [-0.4, -0.2) is 24.6 Å². The monoisotopic (exact) mass is 236 g/mol. The summed E-state index contributed by atoms with van der Waals surface area (Å²) in [6.07, 6.45) is 5.54. The fourth-order valence-corrected chi connectivity index (χ4v) is 3.49. The van der Waals surface area contributed by atoms with Crippen molar-refractivity contribution in [3.8, 4) is 12.3 Å². The van der Waals surface area contributed by atoms with E-state index in [0.29, 0.717) is 25.4 Å². The van der Waals surface area contributed by atoms with Crippen LogP contribution in [0.1, 0.15) is 20.3 Å². The van der Waals surface area contributed by atoms with Gasteiger partial charge in [-0.1, -0.05) is 0 Å². The summed E-state index contributed by atoms with van der Waals surface area (Å²) in [4.78, 5) is 0. The summed E-state index contributed by atoms with van der Waals surface area (Å²) in [5, 5.41) is 0. The van der Waals surface area contributed by atoms with Crippen LogP contribution in [0, 0.1) is 12.3 Å². The molecule has 0 N–H and O–H groups in total. The molecular formula is C9H17O3PS. The maximum Gasteiger partial charge on any atom is 0.335 e. The van der Waals surface area contributed by atoms with Gasteiger partial charge in [0.1, 0.15) is 0 Å². The smallest absolute Gasteiger partial charge is 0.309 e. The molecule has 0 rings (SSSR count). The molecule has 0 fully saturated rings. The van der Waals surface area contributed by atoms with E-state index < -0.39 is 7.60 Å². The van der Waals surface area contributed by atoms with E-state index in [2.05, 4.69) is 18.5 Å². The van der Waals surface area contributed by atoms with Crippen molar-refractivity contribution in [3.05, 3.63) is 0 Å². The molecule has 0 aliphatic rings. The van der Waals surface area contributed by atoms with Gasteiger partial charge in [0.05, 0.1) is 18.9 Å². The minimum absolute atomic E-state index is 0.310. The molecular weight excluding hydrogens is 219 g/mol. The third-order valence-corrected chi connectivity index (χ3v) is 4.85. The number of hydrogen-bond acceptors (Lipinski definition) is 4. The molecule has 0 aromatic carbocycles. The maximum atomic E-state index is 12.1. The molecule has 5 heteroatoms. The number of terminal acetylenes is 1. The lowest BCUT2D eigenvalue weighted by molar-refractivity contribution is 0.214. The molecule has 0 amide bonds. The first kappa shape index (κ1) is 14.1. The molecule has 82 valence electrons. The van der Waals surface area contributed by atoms with Crippen LogP contribution in [0.5, 0.6) is 0 Å². The molecule has 0 radical (unpaired) electrons. The van der Waals surface area contributed by atoms with E-state index in [1.54, 1.807) is 13.8 Å². The average Bonchev–Trinajstić information content (AvgIpc) is 2.14. The third kappa shape index (κ3) is 4.06. The first-order valence-electron chi connectivity index (χ1n) is 4.57. The normalized spacial score (nSPS) is 13.6. The predicted molar refractivity (Wildman–Crippen MR) is 61.9 cm³/mol.